The van der Waals surface area contributed by atoms with Crippen LogP contribution in [0.2, 0.25) is 0 Å². The Morgan fingerprint density at radius 1 is 0.896 bits per heavy atom. The first-order valence-corrected chi connectivity index (χ1v) is 28.0. The van der Waals surface area contributed by atoms with Gasteiger partial charge in [-0.1, -0.05) is 117 Å². The summed E-state index contributed by atoms with van der Waals surface area (Å²) in [5.41, 5.74) is 4.29. The van der Waals surface area contributed by atoms with Gasteiger partial charge in [0.2, 0.25) is 11.8 Å². The summed E-state index contributed by atoms with van der Waals surface area (Å²) < 4.78 is 62.4. The highest BCUT2D eigenvalue weighted by molar-refractivity contribution is 8.13. The van der Waals surface area contributed by atoms with Crippen LogP contribution in [0.1, 0.15) is 130 Å². The number of amides is 2. The lowest BCUT2D eigenvalue weighted by Crippen LogP contribution is -2.46. The molecule has 3 rings (SSSR count). The number of aliphatic hydroxyl groups excluding tert-OH is 2. The van der Waals surface area contributed by atoms with E-state index in [1.165, 1.54) is 78.1 Å². The van der Waals surface area contributed by atoms with Gasteiger partial charge in [-0.2, -0.15) is 4.31 Å². The molecule has 24 nitrogen and oxygen atoms in total. The quantitative estimate of drug-likeness (QED) is 0.0336. The summed E-state index contributed by atoms with van der Waals surface area (Å²) in [5.74, 6) is -0.180. The number of aliphatic hydroxyl groups is 2. The zero-order chi connectivity index (χ0) is 49.8. The molecule has 1 aliphatic rings. The molecule has 2 aromatic rings. The Morgan fingerprint density at radius 2 is 1.51 bits per heavy atom. The summed E-state index contributed by atoms with van der Waals surface area (Å²) in [6.07, 6.45) is 9.50. The number of imidazole rings is 1. The van der Waals surface area contributed by atoms with Crippen LogP contribution in [0, 0.1) is 11.3 Å². The second-order valence-electron chi connectivity index (χ2n) is 17.2. The number of ether oxygens (including phenoxy) is 1. The van der Waals surface area contributed by atoms with Crippen molar-refractivity contribution in [1.29, 1.82) is 0 Å². The number of carbonyl (C=O) groups excluding carboxylic acids is 3. The van der Waals surface area contributed by atoms with E-state index in [4.69, 9.17) is 19.5 Å². The van der Waals surface area contributed by atoms with Gasteiger partial charge < -0.3 is 50.9 Å². The van der Waals surface area contributed by atoms with Gasteiger partial charge in [-0.25, -0.2) is 28.6 Å². The molecule has 384 valence electrons. The molecule has 0 radical (unpaired) electrons. The maximum absolute atomic E-state index is 12.7. The first kappa shape index (κ1) is 58.9. The van der Waals surface area contributed by atoms with Crippen molar-refractivity contribution in [2.24, 2.45) is 11.3 Å². The number of phosphoric ester groups is 3. The molecule has 1 aliphatic heterocycles. The number of nitrogens with one attached hydrogen (secondary N) is 2. The highest BCUT2D eigenvalue weighted by atomic mass is 32.2. The van der Waals surface area contributed by atoms with Crippen molar-refractivity contribution in [3.05, 3.63) is 12.7 Å². The predicted molar refractivity (Wildman–Crippen MR) is 247 cm³/mol. The number of anilines is 1. The smallest absolute Gasteiger partial charge is 0.386 e. The number of nitrogen functional groups attached to an aromatic ring is 1. The second kappa shape index (κ2) is 28.4. The van der Waals surface area contributed by atoms with Crippen molar-refractivity contribution in [2.45, 2.75) is 155 Å². The Kier molecular flexibility index (Phi) is 25.0. The first-order chi connectivity index (χ1) is 31.4. The van der Waals surface area contributed by atoms with E-state index in [0.717, 1.165) is 54.2 Å². The topological polar surface area (TPSA) is 364 Å². The third-order valence-electron chi connectivity index (χ3n) is 11.0. The number of nitrogens with zero attached hydrogens (tertiary/aromatic N) is 4. The van der Waals surface area contributed by atoms with E-state index in [2.05, 4.69) is 48.3 Å². The number of phosphoric acid groups is 3. The second-order valence-corrected chi connectivity index (χ2v) is 22.6. The van der Waals surface area contributed by atoms with Crippen LogP contribution in [0.15, 0.2) is 12.7 Å². The van der Waals surface area contributed by atoms with E-state index in [9.17, 15) is 57.9 Å². The summed E-state index contributed by atoms with van der Waals surface area (Å²) in [4.78, 5) is 88.4. The maximum atomic E-state index is 12.7. The summed E-state index contributed by atoms with van der Waals surface area (Å²) in [6.45, 7) is 5.16. The fourth-order valence-corrected chi connectivity index (χ4v) is 10.5. The molecular formula is C39H70N7O17P3S. The third kappa shape index (κ3) is 21.6. The van der Waals surface area contributed by atoms with E-state index in [0.29, 0.717) is 12.2 Å². The summed E-state index contributed by atoms with van der Waals surface area (Å²) in [5, 5.41) is 26.7. The van der Waals surface area contributed by atoms with Crippen molar-refractivity contribution in [1.82, 2.24) is 30.2 Å². The normalized spacial score (nSPS) is 20.6. The molecule has 28 heteroatoms. The van der Waals surface area contributed by atoms with Gasteiger partial charge in [-0.05, 0) is 12.3 Å². The molecule has 3 heterocycles. The fraction of sp³-hybridized carbons (Fsp3) is 0.795. The van der Waals surface area contributed by atoms with Crippen molar-refractivity contribution in [2.75, 3.05) is 37.8 Å². The zero-order valence-corrected chi connectivity index (χ0v) is 42.1. The van der Waals surface area contributed by atoms with Crippen LogP contribution in [-0.2, 0) is 50.7 Å². The SMILES string of the molecule is CCC(C)CCCCCCCCCCCCCC(=O)SCCNC(=O)CCNC(=O)C(O)C(C)(C)COP(=O)(O)OP(=O)(O)OCC1OC(n2cnc3c(N)ncnc32)C(O)C1OP(=O)(O)O. The average molecular weight is 1030 g/mol. The lowest BCUT2D eigenvalue weighted by molar-refractivity contribution is -0.137. The van der Waals surface area contributed by atoms with Gasteiger partial charge in [-0.15, -0.1) is 0 Å². The molecule has 0 saturated carbocycles. The molecule has 2 amide bonds. The van der Waals surface area contributed by atoms with Crippen LogP contribution < -0.4 is 16.4 Å². The maximum Gasteiger partial charge on any atom is 0.481 e. The number of hydrogen-bond donors (Lipinski definition) is 9. The predicted octanol–water partition coefficient (Wildman–Crippen LogP) is 4.78. The molecule has 2 aromatic heterocycles. The highest BCUT2D eigenvalue weighted by Crippen LogP contribution is 2.61. The number of carbonyl (C=O) groups is 3. The number of hydrogen-bond acceptors (Lipinski definition) is 18. The van der Waals surface area contributed by atoms with Crippen LogP contribution in [-0.4, -0.2) is 123 Å². The van der Waals surface area contributed by atoms with Gasteiger partial charge in [0.05, 0.1) is 19.5 Å². The van der Waals surface area contributed by atoms with Crippen LogP contribution in [0.5, 0.6) is 0 Å². The molecule has 1 fully saturated rings. The summed E-state index contributed by atoms with van der Waals surface area (Å²) in [7, 11) is -16.4. The molecule has 0 bridgehead atoms. The van der Waals surface area contributed by atoms with Crippen molar-refractivity contribution < 1.29 is 80.5 Å². The Bertz CT molecular complexity index is 2010. The molecule has 0 spiro atoms. The fourth-order valence-electron chi connectivity index (χ4n) is 6.92. The van der Waals surface area contributed by atoms with Crippen LogP contribution in [0.4, 0.5) is 5.82 Å². The zero-order valence-electron chi connectivity index (χ0n) is 38.6. The minimum absolute atomic E-state index is 0.0338. The lowest BCUT2D eigenvalue weighted by Gasteiger charge is -2.30. The Hall–Kier alpha value is -2.44. The van der Waals surface area contributed by atoms with E-state index in [-0.39, 0.29) is 41.6 Å². The van der Waals surface area contributed by atoms with Gasteiger partial charge in [0.15, 0.2) is 22.8 Å². The number of rotatable bonds is 34. The van der Waals surface area contributed by atoms with Crippen LogP contribution >= 0.6 is 35.2 Å². The number of thioether (sulfide) groups is 1. The molecule has 8 unspecified atom stereocenters. The van der Waals surface area contributed by atoms with Crippen molar-refractivity contribution in [3.63, 3.8) is 0 Å². The molecular weight excluding hydrogens is 963 g/mol. The molecule has 1 saturated heterocycles. The number of unbranched alkanes of at least 4 members (excludes halogenated alkanes) is 10. The molecule has 8 atom stereocenters. The van der Waals surface area contributed by atoms with E-state index in [1.807, 2.05) is 0 Å². The molecule has 67 heavy (non-hydrogen) atoms. The van der Waals surface area contributed by atoms with E-state index >= 15 is 0 Å². The lowest BCUT2D eigenvalue weighted by atomic mass is 9.87. The van der Waals surface area contributed by atoms with Crippen molar-refractivity contribution in [3.8, 4) is 0 Å². The Labute approximate surface area is 395 Å². The van der Waals surface area contributed by atoms with Gasteiger partial charge in [0.1, 0.15) is 36.3 Å². The molecule has 0 aliphatic carbocycles. The van der Waals surface area contributed by atoms with Crippen LogP contribution in [0.3, 0.4) is 0 Å². The molecule has 0 aromatic carbocycles. The Balaban J connectivity index is 1.30. The standard InChI is InChI=1S/C39H70N7O17P3S/c1-5-27(2)17-15-13-11-9-7-6-8-10-12-14-16-18-30(48)67-22-21-41-29(47)19-20-42-37(51)34(50)39(3,4)24-60-66(57,58)63-65(55,56)59-23-28-33(62-64(52,53)54)32(49)38(61-28)46-26-45-31-35(40)43-25-44-36(31)46/h25-28,32-34,38,49-50H,5-24H2,1-4H3,(H,41,47)(H,42,51)(H,55,56)(H,57,58)(H2,40,43,44)(H2,52,53,54). The largest absolute Gasteiger partial charge is 0.481 e. The van der Waals surface area contributed by atoms with E-state index < -0.39 is 84.6 Å². The number of fused-ring (bicyclic) bond motifs is 1. The number of nitrogens with two attached hydrogens (primary N) is 1. The first-order valence-electron chi connectivity index (χ1n) is 22.5. The molecule has 10 N–H and O–H groups in total. The van der Waals surface area contributed by atoms with Crippen LogP contribution in [0.25, 0.3) is 11.2 Å². The Morgan fingerprint density at radius 3 is 2.13 bits per heavy atom. The van der Waals surface area contributed by atoms with E-state index in [1.54, 1.807) is 0 Å². The monoisotopic (exact) mass is 1030 g/mol. The minimum Gasteiger partial charge on any atom is -0.386 e. The third-order valence-corrected chi connectivity index (χ3v) is 15.1. The highest BCUT2D eigenvalue weighted by Gasteiger charge is 2.50. The van der Waals surface area contributed by atoms with Crippen molar-refractivity contribution >= 4 is 69.1 Å². The minimum atomic E-state index is -5.57. The number of aromatic nitrogens is 4. The van der Waals surface area contributed by atoms with Gasteiger partial charge in [0.25, 0.3) is 0 Å². The average Bonchev–Trinajstić information content (AvgIpc) is 3.81. The van der Waals surface area contributed by atoms with Gasteiger partial charge in [0, 0.05) is 37.1 Å². The van der Waals surface area contributed by atoms with Gasteiger partial charge in [-0.3, -0.25) is 32.5 Å². The summed E-state index contributed by atoms with van der Waals surface area (Å²) in [6, 6.07) is 0. The van der Waals surface area contributed by atoms with Gasteiger partial charge >= 0.3 is 23.5 Å². The summed E-state index contributed by atoms with van der Waals surface area (Å²) >= 11 is 1.16.